The lowest BCUT2D eigenvalue weighted by atomic mass is 10.0. The quantitative estimate of drug-likeness (QED) is 0.846. The van der Waals surface area contributed by atoms with Crippen LogP contribution in [0.4, 0.5) is 5.69 Å². The summed E-state index contributed by atoms with van der Waals surface area (Å²) in [4.78, 5) is 5.07. The molecule has 0 amide bonds. The number of anilines is 1. The third-order valence-corrected chi connectivity index (χ3v) is 4.95. The van der Waals surface area contributed by atoms with Gasteiger partial charge in [0.25, 0.3) is 0 Å². The molecule has 7 nitrogen and oxygen atoms in total. The van der Waals surface area contributed by atoms with Crippen LogP contribution in [0, 0.1) is 6.92 Å². The molecule has 0 N–H and O–H groups in total. The van der Waals surface area contributed by atoms with Gasteiger partial charge in [-0.05, 0) is 19.4 Å². The minimum atomic E-state index is 0.463. The van der Waals surface area contributed by atoms with Crippen LogP contribution < -0.4 is 4.90 Å². The van der Waals surface area contributed by atoms with E-state index in [1.54, 1.807) is 10.8 Å². The first kappa shape index (κ1) is 14.8. The third-order valence-electron chi connectivity index (χ3n) is 4.95. The number of nitrogens with zero attached hydrogens (tertiary/aromatic N) is 6. The van der Waals surface area contributed by atoms with Gasteiger partial charge in [-0.1, -0.05) is 13.3 Å². The van der Waals surface area contributed by atoms with Gasteiger partial charge in [-0.3, -0.25) is 4.90 Å². The molecular weight excluding hydrogens is 292 g/mol. The van der Waals surface area contributed by atoms with Crippen LogP contribution in [0.15, 0.2) is 12.4 Å². The van der Waals surface area contributed by atoms with E-state index in [0.717, 1.165) is 49.9 Å². The van der Waals surface area contributed by atoms with Gasteiger partial charge in [0.15, 0.2) is 0 Å². The molecule has 23 heavy (non-hydrogen) atoms. The van der Waals surface area contributed by atoms with Gasteiger partial charge < -0.3 is 9.64 Å². The smallest absolute Gasteiger partial charge is 0.200 e. The second-order valence-electron chi connectivity index (χ2n) is 6.59. The molecule has 124 valence electrons. The van der Waals surface area contributed by atoms with Crippen molar-refractivity contribution in [2.45, 2.75) is 38.8 Å². The van der Waals surface area contributed by atoms with Crippen LogP contribution in [-0.2, 0) is 4.74 Å². The summed E-state index contributed by atoms with van der Waals surface area (Å²) in [5.74, 6) is 0. The number of ether oxygens (including phenoxy) is 1. The summed E-state index contributed by atoms with van der Waals surface area (Å²) in [6, 6.07) is 3.16. The second kappa shape index (κ2) is 6.05. The number of aryl methyl sites for hydroxylation is 1. The van der Waals surface area contributed by atoms with Gasteiger partial charge in [0.05, 0.1) is 30.6 Å². The van der Waals surface area contributed by atoms with E-state index >= 15 is 0 Å². The molecular formula is C16H24N6O. The third kappa shape index (κ3) is 2.68. The highest BCUT2D eigenvalue weighted by atomic mass is 16.5. The van der Waals surface area contributed by atoms with E-state index in [9.17, 15) is 0 Å². The molecule has 7 heteroatoms. The van der Waals surface area contributed by atoms with E-state index in [1.807, 2.05) is 6.92 Å². The SMILES string of the molecule is CCC[C@H]1COC[C@H]2CN(c3cc(C)nn4cnnc34)CCN12. The van der Waals surface area contributed by atoms with Crippen LogP contribution >= 0.6 is 0 Å². The number of hydrogen-bond acceptors (Lipinski definition) is 6. The minimum Gasteiger partial charge on any atom is -0.378 e. The number of rotatable bonds is 3. The lowest BCUT2D eigenvalue weighted by Crippen LogP contribution is -2.62. The number of piperazine rings is 1. The number of aromatic nitrogens is 4. The van der Waals surface area contributed by atoms with Crippen LogP contribution in [0.2, 0.25) is 0 Å². The molecule has 0 aliphatic carbocycles. The molecule has 0 saturated carbocycles. The highest BCUT2D eigenvalue weighted by Crippen LogP contribution is 2.27. The molecule has 2 saturated heterocycles. The molecule has 0 aromatic carbocycles. The van der Waals surface area contributed by atoms with Crippen molar-refractivity contribution in [2.75, 3.05) is 37.7 Å². The van der Waals surface area contributed by atoms with E-state index in [-0.39, 0.29) is 0 Å². The Kier molecular flexibility index (Phi) is 3.90. The maximum absolute atomic E-state index is 5.87. The molecule has 0 bridgehead atoms. The number of hydrogen-bond donors (Lipinski definition) is 0. The van der Waals surface area contributed by atoms with E-state index in [1.165, 1.54) is 12.8 Å². The van der Waals surface area contributed by atoms with Crippen molar-refractivity contribution in [1.29, 1.82) is 0 Å². The zero-order valence-electron chi connectivity index (χ0n) is 13.9. The first-order chi connectivity index (χ1) is 11.3. The maximum Gasteiger partial charge on any atom is 0.200 e. The summed E-state index contributed by atoms with van der Waals surface area (Å²) in [7, 11) is 0. The molecule has 2 atom stereocenters. The zero-order valence-corrected chi connectivity index (χ0v) is 13.9. The molecule has 0 spiro atoms. The first-order valence-corrected chi connectivity index (χ1v) is 8.52. The molecule has 2 aromatic heterocycles. The van der Waals surface area contributed by atoms with E-state index in [2.05, 4.69) is 38.1 Å². The van der Waals surface area contributed by atoms with Crippen LogP contribution in [0.1, 0.15) is 25.5 Å². The molecule has 4 rings (SSSR count). The van der Waals surface area contributed by atoms with Crippen molar-refractivity contribution in [3.05, 3.63) is 18.1 Å². The predicted molar refractivity (Wildman–Crippen MR) is 87.7 cm³/mol. The van der Waals surface area contributed by atoms with Crippen molar-refractivity contribution < 1.29 is 4.74 Å². The Labute approximate surface area is 136 Å². The van der Waals surface area contributed by atoms with E-state index in [4.69, 9.17) is 4.74 Å². The van der Waals surface area contributed by atoms with E-state index in [0.29, 0.717) is 12.1 Å². The van der Waals surface area contributed by atoms with Crippen LogP contribution in [0.25, 0.3) is 5.65 Å². The van der Waals surface area contributed by atoms with Crippen molar-refractivity contribution >= 4 is 11.3 Å². The fraction of sp³-hybridized carbons (Fsp3) is 0.688. The average Bonchev–Trinajstić information content (AvgIpc) is 3.02. The van der Waals surface area contributed by atoms with Crippen molar-refractivity contribution in [3.8, 4) is 0 Å². The summed E-state index contributed by atoms with van der Waals surface area (Å²) >= 11 is 0. The molecule has 0 radical (unpaired) electrons. The summed E-state index contributed by atoms with van der Waals surface area (Å²) in [5.41, 5.74) is 2.96. The van der Waals surface area contributed by atoms with Gasteiger partial charge in [0.1, 0.15) is 6.33 Å². The Morgan fingerprint density at radius 1 is 1.30 bits per heavy atom. The largest absolute Gasteiger partial charge is 0.378 e. The molecule has 2 aliphatic heterocycles. The van der Waals surface area contributed by atoms with Gasteiger partial charge in [-0.15, -0.1) is 10.2 Å². The van der Waals surface area contributed by atoms with Crippen LogP contribution in [0.3, 0.4) is 0 Å². The first-order valence-electron chi connectivity index (χ1n) is 8.52. The molecule has 0 unspecified atom stereocenters. The highest BCUT2D eigenvalue weighted by molar-refractivity contribution is 5.68. The summed E-state index contributed by atoms with van der Waals surface area (Å²) in [5, 5.41) is 12.7. The van der Waals surface area contributed by atoms with Crippen LogP contribution in [0.5, 0.6) is 0 Å². The van der Waals surface area contributed by atoms with Crippen molar-refractivity contribution in [2.24, 2.45) is 0 Å². The Bertz CT molecular complexity index is 684. The fourth-order valence-corrected chi connectivity index (χ4v) is 3.90. The summed E-state index contributed by atoms with van der Waals surface area (Å²) < 4.78 is 7.64. The van der Waals surface area contributed by atoms with E-state index < -0.39 is 0 Å². The molecule has 4 heterocycles. The van der Waals surface area contributed by atoms with Crippen molar-refractivity contribution in [1.82, 2.24) is 24.7 Å². The fourth-order valence-electron chi connectivity index (χ4n) is 3.90. The van der Waals surface area contributed by atoms with Gasteiger partial charge in [-0.2, -0.15) is 9.61 Å². The Balaban J connectivity index is 1.59. The van der Waals surface area contributed by atoms with Crippen LogP contribution in [-0.4, -0.2) is 69.6 Å². The lowest BCUT2D eigenvalue weighted by Gasteiger charge is -2.48. The number of fused-ring (bicyclic) bond motifs is 2. The normalized spacial score (nSPS) is 25.7. The van der Waals surface area contributed by atoms with Gasteiger partial charge in [-0.25, -0.2) is 0 Å². The Hall–Kier alpha value is -1.73. The summed E-state index contributed by atoms with van der Waals surface area (Å²) in [6.45, 7) is 9.05. The Morgan fingerprint density at radius 3 is 3.09 bits per heavy atom. The minimum absolute atomic E-state index is 0.463. The molecule has 2 aromatic rings. The van der Waals surface area contributed by atoms with Gasteiger partial charge in [0, 0.05) is 25.7 Å². The maximum atomic E-state index is 5.87. The second-order valence-corrected chi connectivity index (χ2v) is 6.59. The summed E-state index contributed by atoms with van der Waals surface area (Å²) in [6.07, 6.45) is 4.10. The highest BCUT2D eigenvalue weighted by Gasteiger charge is 2.35. The van der Waals surface area contributed by atoms with Gasteiger partial charge in [0.2, 0.25) is 5.65 Å². The monoisotopic (exact) mass is 316 g/mol. The van der Waals surface area contributed by atoms with Gasteiger partial charge >= 0.3 is 0 Å². The molecule has 2 fully saturated rings. The number of morpholine rings is 1. The van der Waals surface area contributed by atoms with Crippen molar-refractivity contribution in [3.63, 3.8) is 0 Å². The molecule has 2 aliphatic rings. The topological polar surface area (TPSA) is 58.8 Å². The Morgan fingerprint density at radius 2 is 2.22 bits per heavy atom. The predicted octanol–water partition coefficient (Wildman–Crippen LogP) is 1.12. The average molecular weight is 316 g/mol. The standard InChI is InChI=1S/C16H24N6O/c1-3-4-13-9-23-10-14-8-20(5-6-21(13)14)15-7-12(2)19-22-11-17-18-16(15)22/h7,11,13-14H,3-6,8-10H2,1-2H3/t13-,14+/m0/s1. The lowest BCUT2D eigenvalue weighted by molar-refractivity contribution is -0.0557. The zero-order chi connectivity index (χ0) is 15.8.